The lowest BCUT2D eigenvalue weighted by molar-refractivity contribution is 0.0213. The number of benzene rings is 1. The predicted molar refractivity (Wildman–Crippen MR) is 78.1 cm³/mol. The van der Waals surface area contributed by atoms with Gasteiger partial charge in [-0.15, -0.1) is 0 Å². The molecule has 1 aromatic rings. The topological polar surface area (TPSA) is 50.4 Å². The number of carbonyl (C=O) groups excluding carboxylic acids is 1. The van der Waals surface area contributed by atoms with Crippen LogP contribution in [0.3, 0.4) is 0 Å². The molecule has 2 aliphatic rings. The maximum Gasteiger partial charge on any atom is 0.407 e. The van der Waals surface area contributed by atoms with Gasteiger partial charge in [0.15, 0.2) is 0 Å². The van der Waals surface area contributed by atoms with Gasteiger partial charge >= 0.3 is 6.09 Å². The van der Waals surface area contributed by atoms with Crippen LogP contribution in [0.15, 0.2) is 18.2 Å². The number of ether oxygens (including phenoxy) is 1. The lowest BCUT2D eigenvalue weighted by Crippen LogP contribution is -2.65. The zero-order chi connectivity index (χ0) is 14.2. The molecule has 1 saturated heterocycles. The van der Waals surface area contributed by atoms with Crippen LogP contribution in [0.2, 0.25) is 10.0 Å². The lowest BCUT2D eigenvalue weighted by Gasteiger charge is -2.54. The molecule has 2 fully saturated rings. The van der Waals surface area contributed by atoms with E-state index in [1.165, 1.54) is 0 Å². The monoisotopic (exact) mass is 314 g/mol. The Bertz CT molecular complexity index is 504. The van der Waals surface area contributed by atoms with Crippen molar-refractivity contribution >= 4 is 29.3 Å². The molecular formula is C14H16Cl2N2O2. The van der Waals surface area contributed by atoms with E-state index < -0.39 is 0 Å². The molecule has 3 rings (SSSR count). The first-order valence-corrected chi connectivity index (χ1v) is 7.39. The van der Waals surface area contributed by atoms with Gasteiger partial charge in [0, 0.05) is 29.2 Å². The third-order valence-corrected chi connectivity index (χ3v) is 4.41. The fraction of sp³-hybridized carbons (Fsp3) is 0.500. The summed E-state index contributed by atoms with van der Waals surface area (Å²) in [5, 5.41) is 7.22. The normalized spacial score (nSPS) is 20.1. The van der Waals surface area contributed by atoms with Crippen molar-refractivity contribution in [2.75, 3.05) is 13.1 Å². The van der Waals surface area contributed by atoms with Crippen molar-refractivity contribution in [3.05, 3.63) is 33.8 Å². The van der Waals surface area contributed by atoms with Gasteiger partial charge in [0.2, 0.25) is 0 Å². The van der Waals surface area contributed by atoms with Crippen LogP contribution >= 0.6 is 23.2 Å². The SMILES string of the molecule is O=C(NC1CC2(CNC2)C1)OCc1cc(Cl)cc(Cl)c1. The van der Waals surface area contributed by atoms with E-state index in [9.17, 15) is 4.79 Å². The molecule has 1 saturated carbocycles. The minimum absolute atomic E-state index is 0.172. The van der Waals surface area contributed by atoms with Crippen molar-refractivity contribution in [2.24, 2.45) is 5.41 Å². The van der Waals surface area contributed by atoms with E-state index in [2.05, 4.69) is 10.6 Å². The molecule has 108 valence electrons. The average Bonchev–Trinajstić information content (AvgIpc) is 2.27. The number of rotatable bonds is 3. The zero-order valence-electron chi connectivity index (χ0n) is 10.9. The number of halogens is 2. The van der Waals surface area contributed by atoms with Crippen molar-refractivity contribution in [3.8, 4) is 0 Å². The molecule has 4 nitrogen and oxygen atoms in total. The van der Waals surface area contributed by atoms with Crippen molar-refractivity contribution in [3.63, 3.8) is 0 Å². The second-order valence-electron chi connectivity index (χ2n) is 5.71. The Morgan fingerprint density at radius 3 is 2.50 bits per heavy atom. The number of nitrogens with one attached hydrogen (secondary N) is 2. The molecule has 1 heterocycles. The second kappa shape index (κ2) is 5.43. The third-order valence-electron chi connectivity index (χ3n) is 3.97. The maximum absolute atomic E-state index is 11.7. The predicted octanol–water partition coefficient (Wildman–Crippen LogP) is 2.97. The molecule has 2 N–H and O–H groups in total. The number of hydrogen-bond acceptors (Lipinski definition) is 3. The Hall–Kier alpha value is -0.970. The first kappa shape index (κ1) is 14.0. The number of hydrogen-bond donors (Lipinski definition) is 2. The molecule has 0 bridgehead atoms. The minimum atomic E-state index is -0.381. The maximum atomic E-state index is 11.7. The van der Waals surface area contributed by atoms with E-state index in [1.54, 1.807) is 18.2 Å². The number of carbonyl (C=O) groups is 1. The highest BCUT2D eigenvalue weighted by atomic mass is 35.5. The standard InChI is InChI=1S/C14H16Cl2N2O2/c15-10-1-9(2-11(16)3-10)6-20-13(19)18-12-4-14(5-12)7-17-8-14/h1-3,12,17H,4-8H2,(H,18,19). The molecule has 20 heavy (non-hydrogen) atoms. The average molecular weight is 315 g/mol. The van der Waals surface area contributed by atoms with Crippen LogP contribution in [0, 0.1) is 5.41 Å². The molecule has 1 spiro atoms. The smallest absolute Gasteiger partial charge is 0.407 e. The van der Waals surface area contributed by atoms with Gasteiger partial charge in [-0.3, -0.25) is 0 Å². The van der Waals surface area contributed by atoms with Crippen LogP contribution in [0.1, 0.15) is 18.4 Å². The largest absolute Gasteiger partial charge is 0.445 e. The molecule has 0 unspecified atom stereocenters. The van der Waals surface area contributed by atoms with Gasteiger partial charge in [0.1, 0.15) is 6.61 Å². The summed E-state index contributed by atoms with van der Waals surface area (Å²) in [6, 6.07) is 5.36. The molecule has 1 aliphatic carbocycles. The minimum Gasteiger partial charge on any atom is -0.445 e. The second-order valence-corrected chi connectivity index (χ2v) is 6.58. The fourth-order valence-electron chi connectivity index (χ4n) is 2.91. The highest BCUT2D eigenvalue weighted by molar-refractivity contribution is 6.34. The van der Waals surface area contributed by atoms with Gasteiger partial charge in [-0.05, 0) is 42.0 Å². The molecule has 0 aromatic heterocycles. The summed E-state index contributed by atoms with van der Waals surface area (Å²) >= 11 is 11.8. The van der Waals surface area contributed by atoms with Crippen LogP contribution in [-0.2, 0) is 11.3 Å². The van der Waals surface area contributed by atoms with Gasteiger partial charge in [-0.2, -0.15) is 0 Å². The van der Waals surface area contributed by atoms with E-state index in [-0.39, 0.29) is 18.7 Å². The van der Waals surface area contributed by atoms with Gasteiger partial charge in [-0.1, -0.05) is 23.2 Å². The van der Waals surface area contributed by atoms with Crippen molar-refractivity contribution < 1.29 is 9.53 Å². The Morgan fingerprint density at radius 1 is 1.30 bits per heavy atom. The summed E-state index contributed by atoms with van der Waals surface area (Å²) in [7, 11) is 0. The fourth-order valence-corrected chi connectivity index (χ4v) is 3.48. The third kappa shape index (κ3) is 3.03. The van der Waals surface area contributed by atoms with Gasteiger partial charge in [-0.25, -0.2) is 4.79 Å². The van der Waals surface area contributed by atoms with Crippen molar-refractivity contribution in [2.45, 2.75) is 25.5 Å². The van der Waals surface area contributed by atoms with E-state index in [0.29, 0.717) is 15.5 Å². The highest BCUT2D eigenvalue weighted by Gasteiger charge is 2.48. The first-order chi connectivity index (χ1) is 9.55. The van der Waals surface area contributed by atoms with E-state index in [4.69, 9.17) is 27.9 Å². The first-order valence-electron chi connectivity index (χ1n) is 6.64. The Kier molecular flexibility index (Phi) is 3.80. The summed E-state index contributed by atoms with van der Waals surface area (Å²) in [6.45, 7) is 2.31. The van der Waals surface area contributed by atoms with Crippen LogP contribution in [0.4, 0.5) is 4.79 Å². The molecule has 1 aliphatic heterocycles. The van der Waals surface area contributed by atoms with Gasteiger partial charge in [0.05, 0.1) is 0 Å². The van der Waals surface area contributed by atoms with E-state index in [1.807, 2.05) is 0 Å². The molecule has 1 amide bonds. The summed E-state index contributed by atoms with van der Waals surface area (Å²) in [4.78, 5) is 11.7. The lowest BCUT2D eigenvalue weighted by atomic mass is 9.62. The quantitative estimate of drug-likeness (QED) is 0.901. The molecular weight excluding hydrogens is 299 g/mol. The summed E-state index contributed by atoms with van der Waals surface area (Å²) in [5.41, 5.74) is 1.23. The number of amides is 1. The van der Waals surface area contributed by atoms with Crippen LogP contribution in [-0.4, -0.2) is 25.2 Å². The van der Waals surface area contributed by atoms with Crippen LogP contribution in [0.5, 0.6) is 0 Å². The van der Waals surface area contributed by atoms with E-state index in [0.717, 1.165) is 31.5 Å². The Labute approximate surface area is 127 Å². The Balaban J connectivity index is 1.43. The summed E-state index contributed by atoms with van der Waals surface area (Å²) < 4.78 is 5.18. The van der Waals surface area contributed by atoms with Crippen molar-refractivity contribution in [1.82, 2.24) is 10.6 Å². The van der Waals surface area contributed by atoms with Crippen LogP contribution in [0.25, 0.3) is 0 Å². The molecule has 0 radical (unpaired) electrons. The highest BCUT2D eigenvalue weighted by Crippen LogP contribution is 2.44. The Morgan fingerprint density at radius 2 is 1.95 bits per heavy atom. The van der Waals surface area contributed by atoms with Crippen LogP contribution < -0.4 is 10.6 Å². The van der Waals surface area contributed by atoms with E-state index >= 15 is 0 Å². The van der Waals surface area contributed by atoms with Gasteiger partial charge in [0.25, 0.3) is 0 Å². The molecule has 1 aromatic carbocycles. The summed E-state index contributed by atoms with van der Waals surface area (Å²) in [6.07, 6.45) is 1.70. The number of alkyl carbamates (subject to hydrolysis) is 1. The zero-order valence-corrected chi connectivity index (χ0v) is 12.4. The summed E-state index contributed by atoms with van der Waals surface area (Å²) in [5.74, 6) is 0. The molecule has 6 heteroatoms. The molecule has 0 atom stereocenters. The van der Waals surface area contributed by atoms with Gasteiger partial charge < -0.3 is 15.4 Å². The van der Waals surface area contributed by atoms with Crippen molar-refractivity contribution in [1.29, 1.82) is 0 Å².